The van der Waals surface area contributed by atoms with Crippen LogP contribution in [0.2, 0.25) is 0 Å². The molecule has 0 radical (unpaired) electrons. The van der Waals surface area contributed by atoms with Gasteiger partial charge in [-0.05, 0) is 38.1 Å². The summed E-state index contributed by atoms with van der Waals surface area (Å²) in [5.74, 6) is -8.98. The molecular formula is C21H25F4N3O3S. The number of rotatable bonds is 9. The third-order valence-corrected chi connectivity index (χ3v) is 7.06. The molecule has 0 atom stereocenters. The highest BCUT2D eigenvalue weighted by molar-refractivity contribution is 7.89. The number of sulfonamides is 1. The topological polar surface area (TPSA) is 69.7 Å². The van der Waals surface area contributed by atoms with Crippen molar-refractivity contribution in [3.05, 3.63) is 53.1 Å². The summed E-state index contributed by atoms with van der Waals surface area (Å²) in [5.41, 5.74) is -0.634. The molecule has 0 saturated heterocycles. The molecule has 2 rings (SSSR count). The normalized spacial score (nSPS) is 11.7. The Morgan fingerprint density at radius 2 is 1.47 bits per heavy atom. The maximum Gasteiger partial charge on any atom is 0.258 e. The Morgan fingerprint density at radius 3 is 2.00 bits per heavy atom. The van der Waals surface area contributed by atoms with Crippen molar-refractivity contribution in [1.29, 1.82) is 0 Å². The van der Waals surface area contributed by atoms with Crippen LogP contribution in [0.25, 0.3) is 0 Å². The fourth-order valence-corrected chi connectivity index (χ4v) is 4.74. The first-order valence-corrected chi connectivity index (χ1v) is 11.5. The van der Waals surface area contributed by atoms with Crippen LogP contribution in [-0.2, 0) is 10.0 Å². The molecule has 2 aromatic rings. The van der Waals surface area contributed by atoms with Crippen LogP contribution in [0.4, 0.5) is 28.9 Å². The third kappa shape index (κ3) is 4.88. The Labute approximate surface area is 184 Å². The van der Waals surface area contributed by atoms with E-state index in [9.17, 15) is 30.8 Å². The fourth-order valence-electron chi connectivity index (χ4n) is 3.26. The first-order chi connectivity index (χ1) is 15.0. The van der Waals surface area contributed by atoms with Gasteiger partial charge in [0.1, 0.15) is 0 Å². The van der Waals surface area contributed by atoms with Crippen LogP contribution in [0.3, 0.4) is 0 Å². The average molecular weight is 476 g/mol. The number of carbonyl (C=O) groups excluding carboxylic acids is 1. The first kappa shape index (κ1) is 25.6. The zero-order valence-corrected chi connectivity index (χ0v) is 19.0. The van der Waals surface area contributed by atoms with E-state index in [2.05, 4.69) is 5.32 Å². The summed E-state index contributed by atoms with van der Waals surface area (Å²) >= 11 is 0. The lowest BCUT2D eigenvalue weighted by atomic mass is 10.1. The summed E-state index contributed by atoms with van der Waals surface area (Å²) in [4.78, 5) is 14.3. The molecule has 0 heterocycles. The van der Waals surface area contributed by atoms with Gasteiger partial charge in [0.05, 0.1) is 21.8 Å². The van der Waals surface area contributed by atoms with Gasteiger partial charge in [-0.1, -0.05) is 13.8 Å². The third-order valence-electron chi connectivity index (χ3n) is 5.01. The summed E-state index contributed by atoms with van der Waals surface area (Å²) in [7, 11) is -3.89. The average Bonchev–Trinajstić information content (AvgIpc) is 2.76. The molecule has 0 saturated carbocycles. The minimum atomic E-state index is -3.89. The van der Waals surface area contributed by atoms with E-state index in [0.29, 0.717) is 18.8 Å². The molecular weight excluding hydrogens is 450 g/mol. The van der Waals surface area contributed by atoms with Gasteiger partial charge in [0.2, 0.25) is 10.0 Å². The minimum absolute atomic E-state index is 0.00327. The predicted octanol–water partition coefficient (Wildman–Crippen LogP) is 4.37. The van der Waals surface area contributed by atoms with Crippen LogP contribution in [-0.4, -0.2) is 44.8 Å². The zero-order valence-electron chi connectivity index (χ0n) is 18.2. The van der Waals surface area contributed by atoms with Gasteiger partial charge < -0.3 is 10.2 Å². The first-order valence-electron chi connectivity index (χ1n) is 10.1. The fraction of sp³-hybridized carbons (Fsp3) is 0.381. The summed E-state index contributed by atoms with van der Waals surface area (Å²) in [6.45, 7) is 8.45. The number of carbonyl (C=O) groups is 1. The van der Waals surface area contributed by atoms with Crippen molar-refractivity contribution in [2.75, 3.05) is 36.4 Å². The van der Waals surface area contributed by atoms with Crippen LogP contribution >= 0.6 is 0 Å². The molecule has 0 bridgehead atoms. The van der Waals surface area contributed by atoms with Crippen LogP contribution in [0.1, 0.15) is 38.1 Å². The Bertz CT molecular complexity index is 1100. The second-order valence-corrected chi connectivity index (χ2v) is 8.68. The van der Waals surface area contributed by atoms with E-state index >= 15 is 0 Å². The molecule has 0 aromatic heterocycles. The van der Waals surface area contributed by atoms with Gasteiger partial charge in [-0.2, -0.15) is 4.31 Å². The smallest absolute Gasteiger partial charge is 0.258 e. The van der Waals surface area contributed by atoms with Crippen molar-refractivity contribution < 1.29 is 30.8 Å². The maximum absolute atomic E-state index is 14.1. The number of anilines is 2. The van der Waals surface area contributed by atoms with Gasteiger partial charge in [0.25, 0.3) is 5.91 Å². The number of amides is 1. The van der Waals surface area contributed by atoms with Crippen LogP contribution in [0.15, 0.2) is 29.2 Å². The molecule has 0 unspecified atom stereocenters. The van der Waals surface area contributed by atoms with E-state index in [-0.39, 0.29) is 29.7 Å². The molecule has 32 heavy (non-hydrogen) atoms. The molecule has 0 fully saturated rings. The Morgan fingerprint density at radius 1 is 0.875 bits per heavy atom. The Balaban J connectivity index is 2.61. The number of hydrogen-bond acceptors (Lipinski definition) is 4. The van der Waals surface area contributed by atoms with E-state index in [0.717, 1.165) is 0 Å². The van der Waals surface area contributed by atoms with E-state index < -0.39 is 44.8 Å². The lowest BCUT2D eigenvalue weighted by molar-refractivity contribution is 0.102. The van der Waals surface area contributed by atoms with E-state index in [1.165, 1.54) is 22.5 Å². The molecule has 6 nitrogen and oxygen atoms in total. The van der Waals surface area contributed by atoms with Crippen molar-refractivity contribution in [3.63, 3.8) is 0 Å². The minimum Gasteiger partial charge on any atom is -0.370 e. The second kappa shape index (κ2) is 10.3. The van der Waals surface area contributed by atoms with Gasteiger partial charge in [0, 0.05) is 26.2 Å². The summed E-state index contributed by atoms with van der Waals surface area (Å²) < 4.78 is 81.5. The van der Waals surface area contributed by atoms with Crippen LogP contribution in [0.5, 0.6) is 0 Å². The molecule has 0 spiro atoms. The Kier molecular flexibility index (Phi) is 8.24. The lowest BCUT2D eigenvalue weighted by Crippen LogP contribution is -2.31. The molecule has 176 valence electrons. The molecule has 1 amide bonds. The zero-order chi connectivity index (χ0) is 24.2. The largest absolute Gasteiger partial charge is 0.370 e. The number of benzene rings is 2. The van der Waals surface area contributed by atoms with Crippen molar-refractivity contribution in [3.8, 4) is 0 Å². The quantitative estimate of drug-likeness (QED) is 0.332. The number of nitrogens with zero attached hydrogens (tertiary/aromatic N) is 2. The van der Waals surface area contributed by atoms with Gasteiger partial charge in [-0.25, -0.2) is 26.0 Å². The summed E-state index contributed by atoms with van der Waals surface area (Å²) in [6.07, 6.45) is 0. The van der Waals surface area contributed by atoms with Gasteiger partial charge >= 0.3 is 0 Å². The highest BCUT2D eigenvalue weighted by Crippen LogP contribution is 2.31. The molecule has 0 aliphatic heterocycles. The predicted molar refractivity (Wildman–Crippen MR) is 114 cm³/mol. The lowest BCUT2D eigenvalue weighted by Gasteiger charge is -2.26. The number of hydrogen-bond donors (Lipinski definition) is 1. The standard InChI is InChI=1S/C21H25F4N3O3S/c1-5-27(6-2)17-10-9-13(32(30,31)28(7-3)8-4)11-16(17)26-21(29)14-12-15(22)19(24)20(25)18(14)23/h9-12H,5-8H2,1-4H3,(H,26,29). The maximum atomic E-state index is 14.1. The highest BCUT2D eigenvalue weighted by Gasteiger charge is 2.26. The van der Waals surface area contributed by atoms with Crippen LogP contribution in [0, 0.1) is 23.3 Å². The van der Waals surface area contributed by atoms with Gasteiger partial charge in [-0.15, -0.1) is 0 Å². The molecule has 11 heteroatoms. The van der Waals surface area contributed by atoms with Gasteiger partial charge in [-0.3, -0.25) is 4.79 Å². The van der Waals surface area contributed by atoms with E-state index in [4.69, 9.17) is 0 Å². The number of halogens is 4. The van der Waals surface area contributed by atoms with E-state index in [1.807, 2.05) is 13.8 Å². The molecule has 1 N–H and O–H groups in total. The molecule has 0 aliphatic carbocycles. The number of nitrogens with one attached hydrogen (secondary N) is 1. The van der Waals surface area contributed by atoms with E-state index in [1.54, 1.807) is 18.7 Å². The van der Waals surface area contributed by atoms with Gasteiger partial charge in [0.15, 0.2) is 23.3 Å². The molecule has 0 aliphatic rings. The van der Waals surface area contributed by atoms with Crippen molar-refractivity contribution in [2.45, 2.75) is 32.6 Å². The SMILES string of the molecule is CCN(CC)c1ccc(S(=O)(=O)N(CC)CC)cc1NC(=O)c1cc(F)c(F)c(F)c1F. The van der Waals surface area contributed by atoms with Crippen LogP contribution < -0.4 is 10.2 Å². The second-order valence-electron chi connectivity index (χ2n) is 6.74. The monoisotopic (exact) mass is 475 g/mol. The summed E-state index contributed by atoms with van der Waals surface area (Å²) in [5, 5.41) is 2.32. The van der Waals surface area contributed by atoms with Crippen molar-refractivity contribution in [1.82, 2.24) is 4.31 Å². The highest BCUT2D eigenvalue weighted by atomic mass is 32.2. The van der Waals surface area contributed by atoms with Crippen molar-refractivity contribution >= 4 is 27.3 Å². The summed E-state index contributed by atoms with van der Waals surface area (Å²) in [6, 6.07) is 4.32. The van der Waals surface area contributed by atoms with Crippen molar-refractivity contribution in [2.24, 2.45) is 0 Å². The molecule has 2 aromatic carbocycles. The Hall–Kier alpha value is -2.66.